The second-order valence-corrected chi connectivity index (χ2v) is 6.25. The number of carbonyl (C=O) groups is 2. The lowest BCUT2D eigenvalue weighted by atomic mass is 9.93. The number of aliphatic hydroxyl groups excluding tert-OH is 1. The highest BCUT2D eigenvalue weighted by molar-refractivity contribution is 9.10. The first kappa shape index (κ1) is 16.0. The Morgan fingerprint density at radius 2 is 1.30 bits per heavy atom. The van der Waals surface area contributed by atoms with Crippen molar-refractivity contribution in [3.63, 3.8) is 0 Å². The minimum absolute atomic E-state index is 0.253. The van der Waals surface area contributed by atoms with Crippen LogP contribution >= 0.6 is 15.9 Å². The normalized spacial score (nSPS) is 23.7. The van der Waals surface area contributed by atoms with Gasteiger partial charge in [0.25, 0.3) is 0 Å². The van der Waals surface area contributed by atoms with Crippen LogP contribution in [-0.2, 0) is 0 Å². The predicted octanol–water partition coefficient (Wildman–Crippen LogP) is 1.72. The Morgan fingerprint density at radius 1 is 0.826 bits per heavy atom. The fourth-order valence-electron chi connectivity index (χ4n) is 2.56. The first-order valence-corrected chi connectivity index (χ1v) is 7.95. The van der Waals surface area contributed by atoms with Gasteiger partial charge in [0.15, 0.2) is 11.6 Å². The summed E-state index contributed by atoms with van der Waals surface area (Å²) in [6, 6.07) is 13.8. The predicted molar refractivity (Wildman–Crippen MR) is 89.1 cm³/mol. The second-order valence-electron chi connectivity index (χ2n) is 5.34. The molecule has 1 saturated heterocycles. The summed E-state index contributed by atoms with van der Waals surface area (Å²) >= 11 is 3.31. The molecule has 1 fully saturated rings. The van der Waals surface area contributed by atoms with Gasteiger partial charge in [-0.25, -0.2) is 10.9 Å². The topological polar surface area (TPSA) is 78.4 Å². The van der Waals surface area contributed by atoms with Crippen molar-refractivity contribution in [3.8, 4) is 0 Å². The standard InChI is InChI=1S/C17H15BrN2O3/c18-12-8-6-11(7-9-12)16(22)14-17(23)13(19-20-14)15(21)10-4-2-1-3-5-10/h1-9,13-14,17,19-20,23H. The van der Waals surface area contributed by atoms with E-state index in [9.17, 15) is 14.7 Å². The molecule has 3 rings (SSSR count). The highest BCUT2D eigenvalue weighted by atomic mass is 79.9. The van der Waals surface area contributed by atoms with E-state index in [1.807, 2.05) is 6.07 Å². The van der Waals surface area contributed by atoms with Crippen LogP contribution in [0.2, 0.25) is 0 Å². The molecule has 6 heteroatoms. The Kier molecular flexibility index (Phi) is 4.68. The number of ketones is 2. The van der Waals surface area contributed by atoms with E-state index in [1.165, 1.54) is 0 Å². The van der Waals surface area contributed by atoms with Crippen LogP contribution in [0.5, 0.6) is 0 Å². The van der Waals surface area contributed by atoms with Crippen molar-refractivity contribution >= 4 is 27.5 Å². The third-order valence-corrected chi connectivity index (χ3v) is 4.36. The number of benzene rings is 2. The van der Waals surface area contributed by atoms with Gasteiger partial charge < -0.3 is 5.11 Å². The zero-order valence-corrected chi connectivity index (χ0v) is 13.7. The summed E-state index contributed by atoms with van der Waals surface area (Å²) in [7, 11) is 0. The smallest absolute Gasteiger partial charge is 0.183 e. The number of hydrogen-bond donors (Lipinski definition) is 3. The highest BCUT2D eigenvalue weighted by Crippen LogP contribution is 2.18. The molecule has 0 bridgehead atoms. The van der Waals surface area contributed by atoms with Crippen LogP contribution in [0, 0.1) is 0 Å². The summed E-state index contributed by atoms with van der Waals surface area (Å²) in [5.41, 5.74) is 6.44. The van der Waals surface area contributed by atoms with E-state index in [-0.39, 0.29) is 11.6 Å². The van der Waals surface area contributed by atoms with Crippen LogP contribution in [0.3, 0.4) is 0 Å². The van der Waals surface area contributed by atoms with Crippen LogP contribution in [0.1, 0.15) is 20.7 Å². The average Bonchev–Trinajstić information content (AvgIpc) is 2.96. The van der Waals surface area contributed by atoms with E-state index in [2.05, 4.69) is 26.8 Å². The molecule has 5 nitrogen and oxygen atoms in total. The molecule has 118 valence electrons. The third kappa shape index (κ3) is 3.25. The van der Waals surface area contributed by atoms with Gasteiger partial charge in [-0.1, -0.05) is 58.4 Å². The van der Waals surface area contributed by atoms with E-state index < -0.39 is 18.2 Å². The van der Waals surface area contributed by atoms with Crippen LogP contribution in [0.25, 0.3) is 0 Å². The van der Waals surface area contributed by atoms with Gasteiger partial charge in [0, 0.05) is 15.6 Å². The van der Waals surface area contributed by atoms with Gasteiger partial charge in [-0.3, -0.25) is 9.59 Å². The Balaban J connectivity index is 1.76. The first-order chi connectivity index (χ1) is 11.1. The SMILES string of the molecule is O=C(c1ccccc1)C1NNC(C(=O)c2ccc(Br)cc2)C1O. The average molecular weight is 375 g/mol. The molecule has 1 aliphatic rings. The maximum atomic E-state index is 12.5. The number of nitrogens with one attached hydrogen (secondary N) is 2. The first-order valence-electron chi connectivity index (χ1n) is 7.16. The lowest BCUT2D eigenvalue weighted by Crippen LogP contribution is -2.42. The molecule has 2 aromatic rings. The maximum absolute atomic E-state index is 12.5. The van der Waals surface area contributed by atoms with E-state index in [1.54, 1.807) is 48.5 Å². The number of aliphatic hydroxyl groups is 1. The van der Waals surface area contributed by atoms with E-state index in [0.717, 1.165) is 4.47 Å². The minimum Gasteiger partial charge on any atom is -0.389 e. The van der Waals surface area contributed by atoms with Crippen molar-refractivity contribution < 1.29 is 14.7 Å². The zero-order valence-electron chi connectivity index (χ0n) is 12.1. The monoisotopic (exact) mass is 374 g/mol. The van der Waals surface area contributed by atoms with Crippen LogP contribution < -0.4 is 10.9 Å². The fourth-order valence-corrected chi connectivity index (χ4v) is 2.82. The van der Waals surface area contributed by atoms with Gasteiger partial charge >= 0.3 is 0 Å². The number of hydrogen-bond acceptors (Lipinski definition) is 5. The summed E-state index contributed by atoms with van der Waals surface area (Å²) in [6.45, 7) is 0. The molecule has 3 unspecified atom stereocenters. The highest BCUT2D eigenvalue weighted by Gasteiger charge is 2.42. The Morgan fingerprint density at radius 3 is 1.83 bits per heavy atom. The molecule has 0 amide bonds. The molecule has 3 N–H and O–H groups in total. The van der Waals surface area contributed by atoms with Crippen LogP contribution in [0.4, 0.5) is 0 Å². The summed E-state index contributed by atoms with van der Waals surface area (Å²) in [5, 5.41) is 10.4. The van der Waals surface area contributed by atoms with E-state index in [0.29, 0.717) is 11.1 Å². The summed E-state index contributed by atoms with van der Waals surface area (Å²) in [5.74, 6) is -0.516. The van der Waals surface area contributed by atoms with Crippen molar-refractivity contribution in [1.29, 1.82) is 0 Å². The molecule has 0 radical (unpaired) electrons. The third-order valence-electron chi connectivity index (χ3n) is 3.83. The van der Waals surface area contributed by atoms with Crippen molar-refractivity contribution in [1.82, 2.24) is 10.9 Å². The number of halogens is 1. The van der Waals surface area contributed by atoms with Gasteiger partial charge in [0.1, 0.15) is 18.2 Å². The molecule has 0 aromatic heterocycles. The van der Waals surface area contributed by atoms with Gasteiger partial charge in [0.05, 0.1) is 0 Å². The van der Waals surface area contributed by atoms with Crippen molar-refractivity contribution in [2.75, 3.05) is 0 Å². The fraction of sp³-hybridized carbons (Fsp3) is 0.176. The van der Waals surface area contributed by atoms with Crippen LogP contribution in [0.15, 0.2) is 59.1 Å². The molecular weight excluding hydrogens is 360 g/mol. The molecule has 0 saturated carbocycles. The number of rotatable bonds is 4. The molecule has 0 spiro atoms. The van der Waals surface area contributed by atoms with Gasteiger partial charge in [-0.05, 0) is 12.1 Å². The van der Waals surface area contributed by atoms with Gasteiger partial charge in [-0.15, -0.1) is 0 Å². The lowest BCUT2D eigenvalue weighted by Gasteiger charge is -2.16. The summed E-state index contributed by atoms with van der Waals surface area (Å²) in [6.07, 6.45) is -1.14. The van der Waals surface area contributed by atoms with Gasteiger partial charge in [0.2, 0.25) is 0 Å². The number of hydrazine groups is 1. The Bertz CT molecular complexity index is 718. The molecule has 0 aliphatic carbocycles. The van der Waals surface area contributed by atoms with Crippen LogP contribution in [-0.4, -0.2) is 34.9 Å². The summed E-state index contributed by atoms with van der Waals surface area (Å²) in [4.78, 5) is 24.9. The van der Waals surface area contributed by atoms with Crippen molar-refractivity contribution in [2.24, 2.45) is 0 Å². The quantitative estimate of drug-likeness (QED) is 0.710. The second kappa shape index (κ2) is 6.72. The minimum atomic E-state index is -1.14. The molecule has 3 atom stereocenters. The maximum Gasteiger partial charge on any atom is 0.183 e. The Hall–Kier alpha value is -1.86. The van der Waals surface area contributed by atoms with Crippen molar-refractivity contribution in [3.05, 3.63) is 70.2 Å². The van der Waals surface area contributed by atoms with E-state index in [4.69, 9.17) is 0 Å². The number of Topliss-reactive ketones (excluding diaryl/α,β-unsaturated/α-hetero) is 2. The molecular formula is C17H15BrN2O3. The lowest BCUT2D eigenvalue weighted by molar-refractivity contribution is 0.0753. The Labute approximate surface area is 141 Å². The van der Waals surface area contributed by atoms with Gasteiger partial charge in [-0.2, -0.15) is 0 Å². The molecule has 2 aromatic carbocycles. The molecule has 1 aliphatic heterocycles. The molecule has 1 heterocycles. The largest absolute Gasteiger partial charge is 0.389 e. The number of carbonyl (C=O) groups excluding carboxylic acids is 2. The van der Waals surface area contributed by atoms with E-state index >= 15 is 0 Å². The van der Waals surface area contributed by atoms with Crippen molar-refractivity contribution in [2.45, 2.75) is 18.2 Å². The zero-order chi connectivity index (χ0) is 16.4. The summed E-state index contributed by atoms with van der Waals surface area (Å²) < 4.78 is 0.865. The molecule has 23 heavy (non-hydrogen) atoms.